The standard InChI is InChI=1S/C25H27N3O3/c1-16-5-7-18(8-6-16)12-24(29)26-19-9-10-22-20(13-19)21(25(30)31)14-23(27-22)28-11-3-4-17(2)15-28/h5-10,13-14,17H,3-4,11-12,15H2,1-2H3,(H,26,29)(H,30,31). The zero-order valence-electron chi connectivity index (χ0n) is 17.9. The van der Waals surface area contributed by atoms with Gasteiger partial charge < -0.3 is 15.3 Å². The van der Waals surface area contributed by atoms with Crippen LogP contribution in [0.15, 0.2) is 48.5 Å². The van der Waals surface area contributed by atoms with E-state index in [0.29, 0.717) is 28.3 Å². The fourth-order valence-electron chi connectivity index (χ4n) is 4.12. The van der Waals surface area contributed by atoms with E-state index in [1.54, 1.807) is 24.3 Å². The van der Waals surface area contributed by atoms with Crippen molar-refractivity contribution in [2.75, 3.05) is 23.3 Å². The first kappa shape index (κ1) is 20.8. The molecule has 2 N–H and O–H groups in total. The highest BCUT2D eigenvalue weighted by Gasteiger charge is 2.21. The Balaban J connectivity index is 1.59. The minimum absolute atomic E-state index is 0.146. The van der Waals surface area contributed by atoms with Gasteiger partial charge >= 0.3 is 5.97 Å². The first-order valence-electron chi connectivity index (χ1n) is 10.7. The van der Waals surface area contributed by atoms with E-state index < -0.39 is 5.97 Å². The molecular weight excluding hydrogens is 390 g/mol. The number of pyridine rings is 1. The number of aromatic nitrogens is 1. The lowest BCUT2D eigenvalue weighted by Gasteiger charge is -2.32. The van der Waals surface area contributed by atoms with Crippen molar-refractivity contribution < 1.29 is 14.7 Å². The molecule has 1 aliphatic rings. The topological polar surface area (TPSA) is 82.5 Å². The number of hydrogen-bond acceptors (Lipinski definition) is 4. The van der Waals surface area contributed by atoms with E-state index in [2.05, 4.69) is 17.1 Å². The average molecular weight is 418 g/mol. The number of aryl methyl sites for hydroxylation is 1. The molecule has 160 valence electrons. The van der Waals surface area contributed by atoms with E-state index in [0.717, 1.165) is 30.6 Å². The molecule has 2 heterocycles. The molecule has 0 saturated carbocycles. The highest BCUT2D eigenvalue weighted by atomic mass is 16.4. The number of amides is 1. The van der Waals surface area contributed by atoms with Crippen molar-refractivity contribution in [3.8, 4) is 0 Å². The molecule has 3 aromatic rings. The molecule has 0 bridgehead atoms. The molecule has 6 heteroatoms. The maximum absolute atomic E-state index is 12.5. The second kappa shape index (κ2) is 8.76. The van der Waals surface area contributed by atoms with Gasteiger partial charge in [0.05, 0.1) is 17.5 Å². The number of fused-ring (bicyclic) bond motifs is 1. The van der Waals surface area contributed by atoms with Crippen molar-refractivity contribution in [1.29, 1.82) is 0 Å². The van der Waals surface area contributed by atoms with Crippen molar-refractivity contribution in [3.05, 3.63) is 65.2 Å². The minimum Gasteiger partial charge on any atom is -0.478 e. The third-order valence-electron chi connectivity index (χ3n) is 5.78. The number of nitrogens with zero attached hydrogens (tertiary/aromatic N) is 2. The van der Waals surface area contributed by atoms with Crippen LogP contribution in [-0.2, 0) is 11.2 Å². The molecule has 2 aromatic carbocycles. The summed E-state index contributed by atoms with van der Waals surface area (Å²) < 4.78 is 0. The summed E-state index contributed by atoms with van der Waals surface area (Å²) in [7, 11) is 0. The van der Waals surface area contributed by atoms with Gasteiger partial charge in [-0.3, -0.25) is 4.79 Å². The smallest absolute Gasteiger partial charge is 0.336 e. The normalized spacial score (nSPS) is 16.3. The van der Waals surface area contributed by atoms with Gasteiger partial charge in [0, 0.05) is 24.2 Å². The number of piperidine rings is 1. The third kappa shape index (κ3) is 4.85. The summed E-state index contributed by atoms with van der Waals surface area (Å²) in [6.45, 7) is 5.97. The van der Waals surface area contributed by atoms with E-state index in [-0.39, 0.29) is 17.9 Å². The Kier molecular flexibility index (Phi) is 5.89. The van der Waals surface area contributed by atoms with Crippen molar-refractivity contribution in [3.63, 3.8) is 0 Å². The summed E-state index contributed by atoms with van der Waals surface area (Å²) in [6.07, 6.45) is 2.52. The van der Waals surface area contributed by atoms with Gasteiger partial charge in [-0.05, 0) is 55.5 Å². The second-order valence-electron chi connectivity index (χ2n) is 8.47. The van der Waals surface area contributed by atoms with Gasteiger partial charge in [-0.1, -0.05) is 36.8 Å². The Morgan fingerprint density at radius 2 is 1.94 bits per heavy atom. The highest BCUT2D eigenvalue weighted by molar-refractivity contribution is 6.05. The van der Waals surface area contributed by atoms with Crippen LogP contribution in [0.2, 0.25) is 0 Å². The number of aromatic carboxylic acids is 1. The first-order chi connectivity index (χ1) is 14.9. The quantitative estimate of drug-likeness (QED) is 0.631. The summed E-state index contributed by atoms with van der Waals surface area (Å²) in [5.41, 5.74) is 3.45. The summed E-state index contributed by atoms with van der Waals surface area (Å²) in [5.74, 6) is 0.118. The zero-order chi connectivity index (χ0) is 22.0. The number of nitrogens with one attached hydrogen (secondary N) is 1. The Morgan fingerprint density at radius 3 is 2.65 bits per heavy atom. The van der Waals surface area contributed by atoms with Gasteiger partial charge in [-0.15, -0.1) is 0 Å². The SMILES string of the molecule is Cc1ccc(CC(=O)Nc2ccc3nc(N4CCCC(C)C4)cc(C(=O)O)c3c2)cc1. The van der Waals surface area contributed by atoms with Gasteiger partial charge in [0.1, 0.15) is 5.82 Å². The van der Waals surface area contributed by atoms with Crippen molar-refractivity contribution in [1.82, 2.24) is 4.98 Å². The Morgan fingerprint density at radius 1 is 1.16 bits per heavy atom. The number of hydrogen-bond donors (Lipinski definition) is 2. The molecule has 1 fully saturated rings. The summed E-state index contributed by atoms with van der Waals surface area (Å²) in [4.78, 5) is 31.3. The molecule has 1 atom stereocenters. The molecule has 1 aliphatic heterocycles. The minimum atomic E-state index is -0.998. The largest absolute Gasteiger partial charge is 0.478 e. The molecule has 1 aromatic heterocycles. The molecule has 1 unspecified atom stereocenters. The molecule has 31 heavy (non-hydrogen) atoms. The van der Waals surface area contributed by atoms with Gasteiger partial charge in [0.25, 0.3) is 0 Å². The van der Waals surface area contributed by atoms with Crippen LogP contribution in [0.5, 0.6) is 0 Å². The number of carbonyl (C=O) groups is 2. The molecular formula is C25H27N3O3. The van der Waals surface area contributed by atoms with Crippen LogP contribution in [0, 0.1) is 12.8 Å². The lowest BCUT2D eigenvalue weighted by atomic mass is 10.00. The van der Waals surface area contributed by atoms with Crippen LogP contribution >= 0.6 is 0 Å². The molecule has 6 nitrogen and oxygen atoms in total. The Hall–Kier alpha value is -3.41. The van der Waals surface area contributed by atoms with Crippen LogP contribution < -0.4 is 10.2 Å². The number of rotatable bonds is 5. The fraction of sp³-hybridized carbons (Fsp3) is 0.320. The maximum atomic E-state index is 12.5. The number of carbonyl (C=O) groups excluding carboxylic acids is 1. The number of carboxylic acids is 1. The highest BCUT2D eigenvalue weighted by Crippen LogP contribution is 2.28. The summed E-state index contributed by atoms with van der Waals surface area (Å²) >= 11 is 0. The molecule has 1 saturated heterocycles. The van der Waals surface area contributed by atoms with Crippen molar-refractivity contribution >= 4 is 34.3 Å². The van der Waals surface area contributed by atoms with E-state index in [1.807, 2.05) is 31.2 Å². The Bertz CT molecular complexity index is 1120. The molecule has 4 rings (SSSR count). The van der Waals surface area contributed by atoms with Crippen molar-refractivity contribution in [2.24, 2.45) is 5.92 Å². The fourth-order valence-corrected chi connectivity index (χ4v) is 4.12. The van der Waals surface area contributed by atoms with Crippen LogP contribution in [0.4, 0.5) is 11.5 Å². The van der Waals surface area contributed by atoms with Gasteiger partial charge in [0.2, 0.25) is 5.91 Å². The number of benzene rings is 2. The second-order valence-corrected chi connectivity index (χ2v) is 8.47. The molecule has 0 spiro atoms. The van der Waals surface area contributed by atoms with Crippen LogP contribution in [0.3, 0.4) is 0 Å². The van der Waals surface area contributed by atoms with Crippen LogP contribution in [-0.4, -0.2) is 35.1 Å². The predicted molar refractivity (Wildman–Crippen MR) is 123 cm³/mol. The van der Waals surface area contributed by atoms with E-state index in [9.17, 15) is 14.7 Å². The molecule has 0 aliphatic carbocycles. The van der Waals surface area contributed by atoms with E-state index >= 15 is 0 Å². The Labute approximate surface area is 181 Å². The number of carboxylic acid groups (broad SMARTS) is 1. The predicted octanol–water partition coefficient (Wildman–Crippen LogP) is 4.66. The van der Waals surface area contributed by atoms with Gasteiger partial charge in [-0.25, -0.2) is 9.78 Å². The van der Waals surface area contributed by atoms with Crippen LogP contribution in [0.25, 0.3) is 10.9 Å². The summed E-state index contributed by atoms with van der Waals surface area (Å²) in [5, 5.41) is 13.2. The monoisotopic (exact) mass is 417 g/mol. The lowest BCUT2D eigenvalue weighted by Crippen LogP contribution is -2.35. The molecule has 0 radical (unpaired) electrons. The van der Waals surface area contributed by atoms with E-state index in [1.165, 1.54) is 6.42 Å². The number of anilines is 2. The maximum Gasteiger partial charge on any atom is 0.336 e. The average Bonchev–Trinajstić information content (AvgIpc) is 2.74. The molecule has 1 amide bonds. The zero-order valence-corrected chi connectivity index (χ0v) is 17.9. The van der Waals surface area contributed by atoms with E-state index in [4.69, 9.17) is 4.98 Å². The van der Waals surface area contributed by atoms with Crippen LogP contribution in [0.1, 0.15) is 41.3 Å². The third-order valence-corrected chi connectivity index (χ3v) is 5.78. The van der Waals surface area contributed by atoms with Crippen molar-refractivity contribution in [2.45, 2.75) is 33.1 Å². The van der Waals surface area contributed by atoms with Gasteiger partial charge in [-0.2, -0.15) is 0 Å². The van der Waals surface area contributed by atoms with Gasteiger partial charge in [0.15, 0.2) is 0 Å². The lowest BCUT2D eigenvalue weighted by molar-refractivity contribution is -0.115. The first-order valence-corrected chi connectivity index (χ1v) is 10.7. The summed E-state index contributed by atoms with van der Waals surface area (Å²) in [6, 6.07) is 14.7.